The van der Waals surface area contributed by atoms with Gasteiger partial charge in [-0.2, -0.15) is 0 Å². The van der Waals surface area contributed by atoms with E-state index in [9.17, 15) is 19.7 Å². The van der Waals surface area contributed by atoms with Crippen molar-refractivity contribution in [3.05, 3.63) is 172 Å². The molecule has 0 bridgehead atoms. The summed E-state index contributed by atoms with van der Waals surface area (Å²) in [6, 6.07) is 39.3. The number of nitro groups is 1. The van der Waals surface area contributed by atoms with Gasteiger partial charge in [-0.25, -0.2) is 9.59 Å². The smallest absolute Gasteiger partial charge is 0.323 e. The number of carbonyl (C=O) groups is 2. The molecule has 0 atom stereocenters. The van der Waals surface area contributed by atoms with Crippen LogP contribution in [0.1, 0.15) is 22.5 Å². The number of hydrogen-bond donors (Lipinski definition) is 4. The van der Waals surface area contributed by atoms with Crippen molar-refractivity contribution in [2.24, 2.45) is 0 Å². The molecule has 17 nitrogen and oxygen atoms in total. The average Bonchev–Trinajstić information content (AvgIpc) is 3.44. The van der Waals surface area contributed by atoms with E-state index in [0.29, 0.717) is 28.6 Å². The van der Waals surface area contributed by atoms with Crippen LogP contribution in [0.3, 0.4) is 0 Å². The summed E-state index contributed by atoms with van der Waals surface area (Å²) in [7, 11) is 3.13. The van der Waals surface area contributed by atoms with Crippen molar-refractivity contribution in [3.63, 3.8) is 0 Å². The van der Waals surface area contributed by atoms with Gasteiger partial charge in [0.2, 0.25) is 0 Å². The van der Waals surface area contributed by atoms with Gasteiger partial charge in [0.15, 0.2) is 0 Å². The molecular weight excluding hydrogens is 951 g/mol. The lowest BCUT2D eigenvalue weighted by Crippen LogP contribution is -2.35. The largest absolute Gasteiger partial charge is 0.497 e. The van der Waals surface area contributed by atoms with Crippen molar-refractivity contribution < 1.29 is 33.5 Å². The van der Waals surface area contributed by atoms with E-state index in [4.69, 9.17) is 28.9 Å². The highest BCUT2D eigenvalue weighted by Gasteiger charge is 2.20. The zero-order valence-corrected chi connectivity index (χ0v) is 42.4. The summed E-state index contributed by atoms with van der Waals surface area (Å²) < 4.78 is 21.5. The molecule has 0 aliphatic carbocycles. The highest BCUT2D eigenvalue weighted by atomic mass is 16.6. The number of aryl methyl sites for hydroxylation is 2. The summed E-state index contributed by atoms with van der Waals surface area (Å²) in [6.07, 6.45) is 3.81. The van der Waals surface area contributed by atoms with Gasteiger partial charge in [0, 0.05) is 85.7 Å². The number of nitrogens with zero attached hydrogens (tertiary/aromatic N) is 5. The third-order valence-electron chi connectivity index (χ3n) is 13.3. The standard InChI is InChI=1S/C29H29N5O4.C29H30N4O4/c1-19-15-27(28(34(36)37)16-20(19)2)32-29(35)31-26-10-9-23(24-5-3-4-6-25(24)26)21-7-8-22(30-17-21)18-33-11-13-38-14-12-33;1-35-22-9-12-28(36-2)27(17-22)32-29(34)31-26-11-10-23(24-5-3-4-6-25(24)26)20-7-8-21(30-18-20)19-33-13-15-37-16-14-33/h3-10,15-17H,11-14,18H2,1-2H3,(H2,31,32,35);3-12,17-18H,13-16,19H2,1-2H3,(H2,31,32,34). The summed E-state index contributed by atoms with van der Waals surface area (Å²) in [5.74, 6) is 1.16. The lowest BCUT2D eigenvalue weighted by Gasteiger charge is -2.26. The van der Waals surface area contributed by atoms with Gasteiger partial charge < -0.3 is 40.2 Å². The molecule has 17 heteroatoms. The number of hydrogen-bond acceptors (Lipinski definition) is 12. The Balaban J connectivity index is 0.000000184. The van der Waals surface area contributed by atoms with E-state index in [1.807, 2.05) is 86.0 Å². The summed E-state index contributed by atoms with van der Waals surface area (Å²) in [5, 5.41) is 26.6. The fourth-order valence-corrected chi connectivity index (χ4v) is 9.17. The molecule has 4 N–H and O–H groups in total. The summed E-state index contributed by atoms with van der Waals surface area (Å²) in [5.41, 5.74) is 9.58. The molecule has 0 saturated carbocycles. The van der Waals surface area contributed by atoms with E-state index in [2.05, 4.69) is 61.4 Å². The first-order valence-electron chi connectivity index (χ1n) is 24.7. The molecule has 8 aromatic rings. The first kappa shape index (κ1) is 51.4. The fourth-order valence-electron chi connectivity index (χ4n) is 9.17. The molecule has 2 aromatic heterocycles. The minimum atomic E-state index is -0.552. The van der Waals surface area contributed by atoms with E-state index in [-0.39, 0.29) is 17.4 Å². The number of nitro benzene ring substituents is 1. The van der Waals surface area contributed by atoms with Crippen molar-refractivity contribution >= 4 is 62.0 Å². The summed E-state index contributed by atoms with van der Waals surface area (Å²) in [4.78, 5) is 50.9. The van der Waals surface area contributed by atoms with Crippen LogP contribution in [0.25, 0.3) is 43.8 Å². The topological polar surface area (TPSA) is 195 Å². The number of morpholine rings is 2. The van der Waals surface area contributed by atoms with Crippen molar-refractivity contribution in [1.82, 2.24) is 19.8 Å². The number of pyridine rings is 2. The zero-order valence-electron chi connectivity index (χ0n) is 42.4. The molecule has 2 aliphatic rings. The number of ether oxygens (including phenoxy) is 4. The molecule has 0 radical (unpaired) electrons. The first-order chi connectivity index (χ1) is 36.5. The van der Waals surface area contributed by atoms with E-state index < -0.39 is 11.0 Å². The van der Waals surface area contributed by atoms with E-state index in [1.165, 1.54) is 6.07 Å². The Morgan fingerprint density at radius 2 is 1.03 bits per heavy atom. The second kappa shape index (κ2) is 24.0. The molecule has 2 saturated heterocycles. The third kappa shape index (κ3) is 12.7. The first-order valence-corrected chi connectivity index (χ1v) is 24.7. The molecule has 10 rings (SSSR count). The molecule has 384 valence electrons. The van der Waals surface area contributed by atoms with Crippen LogP contribution in [0.15, 0.2) is 140 Å². The van der Waals surface area contributed by atoms with Crippen LogP contribution in [0.4, 0.5) is 38.0 Å². The average molecular weight is 1010 g/mol. The number of nitrogens with one attached hydrogen (secondary N) is 4. The summed E-state index contributed by atoms with van der Waals surface area (Å²) in [6.45, 7) is 12.0. The molecular formula is C58H59N9O8. The molecule has 0 unspecified atom stereocenters. The third-order valence-corrected chi connectivity index (χ3v) is 13.3. The lowest BCUT2D eigenvalue weighted by atomic mass is 9.98. The van der Waals surface area contributed by atoms with Crippen LogP contribution < -0.4 is 30.7 Å². The molecule has 2 aliphatic heterocycles. The predicted molar refractivity (Wildman–Crippen MR) is 294 cm³/mol. The fraction of sp³-hybridized carbons (Fsp3) is 0.241. The van der Waals surface area contributed by atoms with Gasteiger partial charge in [0.05, 0.1) is 74.0 Å². The van der Waals surface area contributed by atoms with Crippen molar-refractivity contribution in [2.45, 2.75) is 26.9 Å². The predicted octanol–water partition coefficient (Wildman–Crippen LogP) is 11.3. The number of amides is 4. The maximum atomic E-state index is 12.9. The van der Waals surface area contributed by atoms with Gasteiger partial charge in [0.25, 0.3) is 5.69 Å². The highest BCUT2D eigenvalue weighted by Crippen LogP contribution is 2.36. The van der Waals surface area contributed by atoms with Gasteiger partial charge in [-0.3, -0.25) is 29.9 Å². The van der Waals surface area contributed by atoms with E-state index in [0.717, 1.165) is 132 Å². The molecule has 4 heterocycles. The van der Waals surface area contributed by atoms with E-state index in [1.54, 1.807) is 45.4 Å². The summed E-state index contributed by atoms with van der Waals surface area (Å²) >= 11 is 0. The molecule has 6 aromatic carbocycles. The maximum Gasteiger partial charge on any atom is 0.323 e. The number of aromatic nitrogens is 2. The number of benzene rings is 6. The number of methoxy groups -OCH3 is 2. The zero-order chi connectivity index (χ0) is 52.3. The van der Waals surface area contributed by atoms with Gasteiger partial charge in [-0.1, -0.05) is 72.8 Å². The Morgan fingerprint density at radius 1 is 0.560 bits per heavy atom. The van der Waals surface area contributed by atoms with Crippen LogP contribution >= 0.6 is 0 Å². The Bertz CT molecular complexity index is 3320. The minimum Gasteiger partial charge on any atom is -0.497 e. The number of anilines is 4. The van der Waals surface area contributed by atoms with Crippen LogP contribution in [0.2, 0.25) is 0 Å². The SMILES string of the molecule is COc1ccc(OC)c(NC(=O)Nc2ccc(-c3ccc(CN4CCOCC4)nc3)c3ccccc23)c1.Cc1cc(NC(=O)Nc2ccc(-c3ccc(CN4CCOCC4)nc3)c3ccccc23)c([N+](=O)[O-])cc1C. The van der Waals surface area contributed by atoms with Crippen LogP contribution in [0.5, 0.6) is 11.5 Å². The molecule has 0 spiro atoms. The number of rotatable bonds is 13. The van der Waals surface area contributed by atoms with Crippen molar-refractivity contribution in [3.8, 4) is 33.8 Å². The highest BCUT2D eigenvalue weighted by molar-refractivity contribution is 6.11. The van der Waals surface area contributed by atoms with Crippen LogP contribution in [-0.2, 0) is 22.6 Å². The Hall–Kier alpha value is -8.48. The normalized spacial score (nSPS) is 13.8. The second-order valence-corrected chi connectivity index (χ2v) is 18.2. The quantitative estimate of drug-likeness (QED) is 0.0631. The molecule has 4 amide bonds. The van der Waals surface area contributed by atoms with Gasteiger partial charge in [-0.15, -0.1) is 0 Å². The molecule has 75 heavy (non-hydrogen) atoms. The number of carbonyl (C=O) groups excluding carboxylic acids is 2. The van der Waals surface area contributed by atoms with E-state index >= 15 is 0 Å². The Morgan fingerprint density at radius 3 is 1.48 bits per heavy atom. The van der Waals surface area contributed by atoms with Gasteiger partial charge >= 0.3 is 12.1 Å². The van der Waals surface area contributed by atoms with Crippen molar-refractivity contribution in [1.29, 1.82) is 0 Å². The Labute approximate surface area is 435 Å². The van der Waals surface area contributed by atoms with Crippen LogP contribution in [-0.4, -0.2) is 104 Å². The molecule has 2 fully saturated rings. The minimum absolute atomic E-state index is 0.145. The number of urea groups is 2. The van der Waals surface area contributed by atoms with Gasteiger partial charge in [0.1, 0.15) is 17.2 Å². The second-order valence-electron chi connectivity index (χ2n) is 18.2. The Kier molecular flexibility index (Phi) is 16.5. The number of fused-ring (bicyclic) bond motifs is 2. The lowest BCUT2D eigenvalue weighted by molar-refractivity contribution is -0.384. The maximum absolute atomic E-state index is 12.9. The monoisotopic (exact) mass is 1010 g/mol. The van der Waals surface area contributed by atoms with Crippen LogP contribution in [0, 0.1) is 24.0 Å². The van der Waals surface area contributed by atoms with Crippen molar-refractivity contribution in [2.75, 3.05) is 88.1 Å². The van der Waals surface area contributed by atoms with Gasteiger partial charge in [-0.05, 0) is 89.3 Å².